The fraction of sp³-hybridized carbons (Fsp3) is 1.00. The van der Waals surface area contributed by atoms with E-state index in [0.717, 1.165) is 37.5 Å². The molecule has 0 unspecified atom stereocenters. The van der Waals surface area contributed by atoms with E-state index in [4.69, 9.17) is 19.6 Å². The molecule has 0 radical (unpaired) electrons. The molecule has 0 atom stereocenters. The zero-order valence-electron chi connectivity index (χ0n) is 12.0. The molecule has 1 saturated heterocycles. The molecule has 0 aromatic rings. The Labute approximate surface area is 119 Å². The van der Waals surface area contributed by atoms with Gasteiger partial charge in [0, 0.05) is 24.7 Å². The van der Waals surface area contributed by atoms with Crippen LogP contribution in [0.4, 0.5) is 0 Å². The molecule has 5 saturated carbocycles. The van der Waals surface area contributed by atoms with Gasteiger partial charge < -0.3 is 0 Å². The second kappa shape index (κ2) is 4.19. The molecule has 4 heteroatoms. The Morgan fingerprint density at radius 3 is 1.70 bits per heavy atom. The monoisotopic (exact) mass is 280 g/mol. The molecule has 0 N–H and O–H groups in total. The van der Waals surface area contributed by atoms with Crippen molar-refractivity contribution in [3.8, 4) is 0 Å². The minimum absolute atomic E-state index is 0.472. The largest absolute Gasteiger partial charge is 0.239 e. The Kier molecular flexibility index (Phi) is 2.59. The first-order chi connectivity index (χ1) is 9.78. The summed E-state index contributed by atoms with van der Waals surface area (Å²) in [4.78, 5) is 23.7. The van der Waals surface area contributed by atoms with E-state index in [9.17, 15) is 0 Å². The number of rotatable bonds is 0. The first-order valence-electron chi connectivity index (χ1n) is 8.52. The summed E-state index contributed by atoms with van der Waals surface area (Å²) in [6.07, 6.45) is 11.7. The lowest BCUT2D eigenvalue weighted by Gasteiger charge is -2.60. The first kappa shape index (κ1) is 12.4. The van der Waals surface area contributed by atoms with Crippen molar-refractivity contribution in [2.24, 2.45) is 23.7 Å². The third kappa shape index (κ3) is 1.62. The molecule has 4 bridgehead atoms. The van der Waals surface area contributed by atoms with E-state index in [1.54, 1.807) is 0 Å². The maximum Gasteiger partial charge on any atom is 0.239 e. The SMILES string of the molecule is C1CCC2(CC1)OOC1(OO2)C2CC3CC(C2)CC1C3. The minimum atomic E-state index is -0.613. The van der Waals surface area contributed by atoms with Crippen LogP contribution in [-0.2, 0) is 19.6 Å². The molecule has 4 nitrogen and oxygen atoms in total. The molecule has 5 aliphatic carbocycles. The molecule has 0 aromatic heterocycles. The van der Waals surface area contributed by atoms with Crippen LogP contribution in [0.25, 0.3) is 0 Å². The molecule has 20 heavy (non-hydrogen) atoms. The number of hydrogen-bond donors (Lipinski definition) is 0. The zero-order valence-corrected chi connectivity index (χ0v) is 12.0. The Morgan fingerprint density at radius 1 is 0.600 bits per heavy atom. The second-order valence-electron chi connectivity index (χ2n) is 7.83. The third-order valence-electron chi connectivity index (χ3n) is 6.54. The van der Waals surface area contributed by atoms with Crippen molar-refractivity contribution in [1.82, 2.24) is 0 Å². The van der Waals surface area contributed by atoms with Crippen molar-refractivity contribution >= 4 is 0 Å². The lowest BCUT2D eigenvalue weighted by Crippen LogP contribution is -2.64. The molecule has 6 fully saturated rings. The van der Waals surface area contributed by atoms with E-state index in [0.29, 0.717) is 11.8 Å². The van der Waals surface area contributed by atoms with Gasteiger partial charge in [-0.1, -0.05) is 6.42 Å². The summed E-state index contributed by atoms with van der Waals surface area (Å²) >= 11 is 0. The van der Waals surface area contributed by atoms with Gasteiger partial charge in [0.25, 0.3) is 0 Å². The topological polar surface area (TPSA) is 36.9 Å². The summed E-state index contributed by atoms with van der Waals surface area (Å²) in [5.74, 6) is 1.52. The highest BCUT2D eigenvalue weighted by molar-refractivity contribution is 5.03. The lowest BCUT2D eigenvalue weighted by atomic mass is 9.53. The maximum atomic E-state index is 5.99. The predicted octanol–water partition coefficient (Wildman–Crippen LogP) is 3.71. The van der Waals surface area contributed by atoms with Crippen molar-refractivity contribution in [2.75, 3.05) is 0 Å². The molecule has 1 heterocycles. The van der Waals surface area contributed by atoms with Crippen LogP contribution in [0, 0.1) is 23.7 Å². The lowest BCUT2D eigenvalue weighted by molar-refractivity contribution is -0.680. The highest BCUT2D eigenvalue weighted by atomic mass is 17.4. The van der Waals surface area contributed by atoms with Gasteiger partial charge in [0.05, 0.1) is 0 Å². The van der Waals surface area contributed by atoms with E-state index < -0.39 is 11.6 Å². The van der Waals surface area contributed by atoms with E-state index >= 15 is 0 Å². The van der Waals surface area contributed by atoms with E-state index in [-0.39, 0.29) is 0 Å². The van der Waals surface area contributed by atoms with E-state index in [2.05, 4.69) is 0 Å². The van der Waals surface area contributed by atoms with Crippen LogP contribution < -0.4 is 0 Å². The van der Waals surface area contributed by atoms with Gasteiger partial charge in [-0.15, -0.1) is 0 Å². The fourth-order valence-corrected chi connectivity index (χ4v) is 5.68. The summed E-state index contributed by atoms with van der Waals surface area (Å²) in [6.45, 7) is 0. The summed E-state index contributed by atoms with van der Waals surface area (Å²) in [5.41, 5.74) is 0. The molecule has 112 valence electrons. The van der Waals surface area contributed by atoms with Crippen LogP contribution in [0.2, 0.25) is 0 Å². The molecule has 1 aliphatic heterocycles. The zero-order chi connectivity index (χ0) is 13.2. The van der Waals surface area contributed by atoms with Gasteiger partial charge in [-0.25, -0.2) is 0 Å². The minimum Gasteiger partial charge on any atom is -0.195 e. The van der Waals surface area contributed by atoms with Crippen LogP contribution in [0.1, 0.15) is 64.2 Å². The van der Waals surface area contributed by atoms with Gasteiger partial charge in [-0.2, -0.15) is 19.6 Å². The highest BCUT2D eigenvalue weighted by Crippen LogP contribution is 2.61. The molecule has 2 spiro atoms. The van der Waals surface area contributed by atoms with Crippen molar-refractivity contribution in [1.29, 1.82) is 0 Å². The Hall–Kier alpha value is -0.160. The normalized spacial score (nSPS) is 48.0. The Morgan fingerprint density at radius 2 is 1.15 bits per heavy atom. The number of hydrogen-bond acceptors (Lipinski definition) is 4. The van der Waals surface area contributed by atoms with Gasteiger partial charge >= 0.3 is 0 Å². The Bertz CT molecular complexity index is 361. The summed E-state index contributed by atoms with van der Waals surface area (Å²) < 4.78 is 0. The van der Waals surface area contributed by atoms with Crippen LogP contribution in [0.5, 0.6) is 0 Å². The average molecular weight is 280 g/mol. The molecule has 6 rings (SSSR count). The van der Waals surface area contributed by atoms with Gasteiger partial charge in [0.15, 0.2) is 0 Å². The van der Waals surface area contributed by atoms with Crippen molar-refractivity contribution < 1.29 is 19.6 Å². The summed E-state index contributed by atoms with van der Waals surface area (Å²) in [7, 11) is 0. The van der Waals surface area contributed by atoms with Crippen LogP contribution in [-0.4, -0.2) is 11.6 Å². The summed E-state index contributed by atoms with van der Waals surface area (Å²) in [6, 6.07) is 0. The van der Waals surface area contributed by atoms with Gasteiger partial charge in [-0.05, 0) is 56.8 Å². The van der Waals surface area contributed by atoms with Crippen molar-refractivity contribution in [3.05, 3.63) is 0 Å². The quantitative estimate of drug-likeness (QED) is 0.634. The second-order valence-corrected chi connectivity index (χ2v) is 7.83. The molecule has 6 aliphatic rings. The predicted molar refractivity (Wildman–Crippen MR) is 69.9 cm³/mol. The van der Waals surface area contributed by atoms with Gasteiger partial charge in [0.2, 0.25) is 11.6 Å². The highest BCUT2D eigenvalue weighted by Gasteiger charge is 2.64. The van der Waals surface area contributed by atoms with E-state index in [1.807, 2.05) is 0 Å². The molecular formula is C16H24O4. The van der Waals surface area contributed by atoms with E-state index in [1.165, 1.54) is 38.5 Å². The average Bonchev–Trinajstić information content (AvgIpc) is 2.47. The van der Waals surface area contributed by atoms with Gasteiger partial charge in [0.1, 0.15) is 0 Å². The van der Waals surface area contributed by atoms with Crippen molar-refractivity contribution in [2.45, 2.75) is 75.8 Å². The summed E-state index contributed by atoms with van der Waals surface area (Å²) in [5, 5.41) is 0. The smallest absolute Gasteiger partial charge is 0.195 e. The Balaban J connectivity index is 1.37. The van der Waals surface area contributed by atoms with Gasteiger partial charge in [-0.3, -0.25) is 0 Å². The maximum absolute atomic E-state index is 5.99. The molecule has 0 amide bonds. The standard InChI is InChI=1S/C16H24O4/c1-2-4-15(5-3-1)17-19-16(20-18-15)13-7-11-6-12(9-13)10-14(16)8-11/h11-14H,1-10H2. The molecule has 0 aromatic carbocycles. The third-order valence-corrected chi connectivity index (χ3v) is 6.54. The van der Waals surface area contributed by atoms with Crippen molar-refractivity contribution in [3.63, 3.8) is 0 Å². The molecular weight excluding hydrogens is 256 g/mol. The van der Waals surface area contributed by atoms with Crippen LogP contribution in [0.15, 0.2) is 0 Å². The first-order valence-corrected chi connectivity index (χ1v) is 8.52. The van der Waals surface area contributed by atoms with Crippen LogP contribution in [0.3, 0.4) is 0 Å². The van der Waals surface area contributed by atoms with Crippen LogP contribution >= 0.6 is 0 Å². The fourth-order valence-electron chi connectivity index (χ4n) is 5.68.